The molecule has 0 unspecified atom stereocenters. The summed E-state index contributed by atoms with van der Waals surface area (Å²) in [5.41, 5.74) is 0.973. The lowest BCUT2D eigenvalue weighted by Gasteiger charge is -2.25. The highest BCUT2D eigenvalue weighted by atomic mass is 32.2. The number of hydrogen-bond acceptors (Lipinski definition) is 6. The van der Waals surface area contributed by atoms with Crippen molar-refractivity contribution >= 4 is 32.4 Å². The van der Waals surface area contributed by atoms with Crippen LogP contribution in [0.3, 0.4) is 0 Å². The molecule has 11 heteroatoms. The van der Waals surface area contributed by atoms with Gasteiger partial charge in [-0.25, -0.2) is 22.2 Å². The van der Waals surface area contributed by atoms with Crippen LogP contribution in [0.25, 0.3) is 0 Å². The number of benzene rings is 1. The summed E-state index contributed by atoms with van der Waals surface area (Å²) in [6.07, 6.45) is 2.93. The molecule has 0 radical (unpaired) electrons. The van der Waals surface area contributed by atoms with Gasteiger partial charge in [-0.1, -0.05) is 6.07 Å². The van der Waals surface area contributed by atoms with Crippen molar-refractivity contribution in [3.63, 3.8) is 0 Å². The van der Waals surface area contributed by atoms with E-state index in [4.69, 9.17) is 4.42 Å². The van der Waals surface area contributed by atoms with Gasteiger partial charge in [-0.15, -0.1) is 11.3 Å². The lowest BCUT2D eigenvalue weighted by atomic mass is 10.2. The van der Waals surface area contributed by atoms with Gasteiger partial charge in [0.2, 0.25) is 10.0 Å². The van der Waals surface area contributed by atoms with Gasteiger partial charge in [-0.2, -0.15) is 4.31 Å². The third kappa shape index (κ3) is 3.32. The van der Waals surface area contributed by atoms with Gasteiger partial charge in [0, 0.05) is 17.8 Å². The Hall–Kier alpha value is -2.63. The van der Waals surface area contributed by atoms with Crippen molar-refractivity contribution in [2.75, 3.05) is 11.9 Å². The number of hydrogen-bond donors (Lipinski definition) is 1. The predicted octanol–water partition coefficient (Wildman–Crippen LogP) is 3.01. The van der Waals surface area contributed by atoms with Crippen molar-refractivity contribution < 1.29 is 26.4 Å². The molecule has 2 aromatic heterocycles. The molecule has 0 atom stereocenters. The van der Waals surface area contributed by atoms with Crippen LogP contribution in [0.2, 0.25) is 0 Å². The van der Waals surface area contributed by atoms with Crippen LogP contribution < -0.4 is 5.32 Å². The SMILES string of the molecule is O=C(Nc1nc2c(s1)CN(S(=O)(=O)c1c(F)cccc1F)CC2)c1ccoc1. The molecule has 0 spiro atoms. The van der Waals surface area contributed by atoms with E-state index in [0.29, 0.717) is 21.3 Å². The van der Waals surface area contributed by atoms with E-state index in [1.165, 1.54) is 18.6 Å². The summed E-state index contributed by atoms with van der Waals surface area (Å²) in [6.45, 7) is -0.0490. The van der Waals surface area contributed by atoms with Crippen molar-refractivity contribution in [3.05, 3.63) is 64.6 Å². The van der Waals surface area contributed by atoms with E-state index >= 15 is 0 Å². The van der Waals surface area contributed by atoms with Gasteiger partial charge in [0.05, 0.1) is 24.1 Å². The fourth-order valence-electron chi connectivity index (χ4n) is 2.85. The quantitative estimate of drug-likeness (QED) is 0.694. The number of carbonyl (C=O) groups excluding carboxylic acids is 1. The lowest BCUT2D eigenvalue weighted by molar-refractivity contribution is 0.102. The molecule has 0 aliphatic carbocycles. The maximum atomic E-state index is 14.0. The van der Waals surface area contributed by atoms with Crippen molar-refractivity contribution in [1.82, 2.24) is 9.29 Å². The number of carbonyl (C=O) groups is 1. The highest BCUT2D eigenvalue weighted by molar-refractivity contribution is 7.89. The van der Waals surface area contributed by atoms with Gasteiger partial charge < -0.3 is 4.42 Å². The zero-order valence-corrected chi connectivity index (χ0v) is 15.8. The molecule has 28 heavy (non-hydrogen) atoms. The Labute approximate surface area is 162 Å². The number of amides is 1. The van der Waals surface area contributed by atoms with Crippen LogP contribution in [0.15, 0.2) is 46.1 Å². The molecule has 0 fully saturated rings. The van der Waals surface area contributed by atoms with E-state index in [0.717, 1.165) is 33.8 Å². The van der Waals surface area contributed by atoms with Gasteiger partial charge in [-0.3, -0.25) is 10.1 Å². The van der Waals surface area contributed by atoms with Gasteiger partial charge in [0.15, 0.2) is 10.0 Å². The van der Waals surface area contributed by atoms with Crippen LogP contribution in [0.1, 0.15) is 20.9 Å². The van der Waals surface area contributed by atoms with E-state index in [2.05, 4.69) is 10.3 Å². The van der Waals surface area contributed by atoms with E-state index < -0.39 is 32.5 Å². The third-order valence-corrected chi connectivity index (χ3v) is 7.11. The molecule has 4 rings (SSSR count). The van der Waals surface area contributed by atoms with Gasteiger partial charge in [0.1, 0.15) is 17.9 Å². The molecule has 1 amide bonds. The Morgan fingerprint density at radius 2 is 2.00 bits per heavy atom. The summed E-state index contributed by atoms with van der Waals surface area (Å²) < 4.78 is 59.3. The molecule has 3 heterocycles. The number of nitrogens with zero attached hydrogens (tertiary/aromatic N) is 2. The number of anilines is 1. The number of furan rings is 1. The second-order valence-electron chi connectivity index (χ2n) is 5.99. The molecule has 1 aromatic carbocycles. The summed E-state index contributed by atoms with van der Waals surface area (Å²) in [5, 5.41) is 2.94. The average Bonchev–Trinajstić information content (AvgIpc) is 3.30. The molecule has 0 bridgehead atoms. The highest BCUT2D eigenvalue weighted by Crippen LogP contribution is 2.32. The number of nitrogens with one attached hydrogen (secondary N) is 1. The summed E-state index contributed by atoms with van der Waals surface area (Å²) in [5.74, 6) is -2.68. The molecule has 1 aliphatic heterocycles. The zero-order valence-electron chi connectivity index (χ0n) is 14.2. The number of sulfonamides is 1. The maximum absolute atomic E-state index is 14.0. The van der Waals surface area contributed by atoms with Gasteiger partial charge >= 0.3 is 0 Å². The molecular weight excluding hydrogens is 412 g/mol. The molecule has 1 N–H and O–H groups in total. The van der Waals surface area contributed by atoms with Crippen LogP contribution in [-0.2, 0) is 23.0 Å². The van der Waals surface area contributed by atoms with E-state index in [-0.39, 0.29) is 19.5 Å². The minimum atomic E-state index is -4.35. The normalized spacial score (nSPS) is 14.6. The summed E-state index contributed by atoms with van der Waals surface area (Å²) in [7, 11) is -4.35. The molecule has 3 aromatic rings. The largest absolute Gasteiger partial charge is 0.472 e. The fourth-order valence-corrected chi connectivity index (χ4v) is 5.47. The molecular formula is C17H13F2N3O4S2. The van der Waals surface area contributed by atoms with Crippen LogP contribution in [-0.4, -0.2) is 30.2 Å². The lowest BCUT2D eigenvalue weighted by Crippen LogP contribution is -2.36. The van der Waals surface area contributed by atoms with Crippen LogP contribution in [0.4, 0.5) is 13.9 Å². The summed E-state index contributed by atoms with van der Waals surface area (Å²) in [4.78, 5) is 16.0. The van der Waals surface area contributed by atoms with Crippen molar-refractivity contribution in [2.24, 2.45) is 0 Å². The van der Waals surface area contributed by atoms with Gasteiger partial charge in [-0.05, 0) is 18.2 Å². The van der Waals surface area contributed by atoms with Crippen LogP contribution in [0, 0.1) is 11.6 Å². The second-order valence-corrected chi connectivity index (χ2v) is 8.95. The predicted molar refractivity (Wildman–Crippen MR) is 96.4 cm³/mol. The molecule has 7 nitrogen and oxygen atoms in total. The van der Waals surface area contributed by atoms with E-state index in [9.17, 15) is 22.0 Å². The minimum Gasteiger partial charge on any atom is -0.472 e. The van der Waals surface area contributed by atoms with Crippen molar-refractivity contribution in [1.29, 1.82) is 0 Å². The first-order valence-electron chi connectivity index (χ1n) is 8.12. The number of aromatic nitrogens is 1. The average molecular weight is 425 g/mol. The number of thiazole rings is 1. The Kier molecular flexibility index (Phi) is 4.73. The Morgan fingerprint density at radius 3 is 2.68 bits per heavy atom. The Balaban J connectivity index is 1.57. The smallest absolute Gasteiger partial charge is 0.260 e. The van der Waals surface area contributed by atoms with E-state index in [1.54, 1.807) is 0 Å². The number of halogens is 2. The highest BCUT2D eigenvalue weighted by Gasteiger charge is 2.34. The number of rotatable bonds is 4. The third-order valence-electron chi connectivity index (χ3n) is 4.22. The van der Waals surface area contributed by atoms with Crippen LogP contribution in [0.5, 0.6) is 0 Å². The van der Waals surface area contributed by atoms with Gasteiger partial charge in [0.25, 0.3) is 5.91 Å². The standard InChI is InChI=1S/C17H13F2N3O4S2/c18-11-2-1-3-12(19)15(11)28(24,25)22-6-4-13-14(8-22)27-17(20-13)21-16(23)10-5-7-26-9-10/h1-3,5,7,9H,4,6,8H2,(H,20,21,23). The summed E-state index contributed by atoms with van der Waals surface area (Å²) >= 11 is 1.12. The molecule has 1 aliphatic rings. The minimum absolute atomic E-state index is 0.0297. The first-order chi connectivity index (χ1) is 13.4. The number of fused-ring (bicyclic) bond motifs is 1. The first-order valence-corrected chi connectivity index (χ1v) is 10.4. The Bertz CT molecular complexity index is 1120. The second kappa shape index (κ2) is 7.08. The molecule has 0 saturated heterocycles. The van der Waals surface area contributed by atoms with E-state index in [1.807, 2.05) is 0 Å². The van der Waals surface area contributed by atoms with Crippen molar-refractivity contribution in [2.45, 2.75) is 17.9 Å². The zero-order chi connectivity index (χ0) is 19.9. The fraction of sp³-hybridized carbons (Fsp3) is 0.176. The summed E-state index contributed by atoms with van der Waals surface area (Å²) in [6, 6.07) is 4.42. The molecule has 146 valence electrons. The Morgan fingerprint density at radius 1 is 1.25 bits per heavy atom. The molecule has 0 saturated carbocycles. The first kappa shape index (κ1) is 18.7. The monoisotopic (exact) mass is 425 g/mol. The topological polar surface area (TPSA) is 92.5 Å². The van der Waals surface area contributed by atoms with Crippen LogP contribution >= 0.6 is 11.3 Å². The van der Waals surface area contributed by atoms with Crippen molar-refractivity contribution in [3.8, 4) is 0 Å². The maximum Gasteiger partial charge on any atom is 0.260 e.